The number of rotatable bonds is 2. The summed E-state index contributed by atoms with van der Waals surface area (Å²) in [7, 11) is 0. The van der Waals surface area contributed by atoms with Gasteiger partial charge in [0, 0.05) is 5.41 Å². The van der Waals surface area contributed by atoms with Crippen LogP contribution in [0.5, 0.6) is 0 Å². The first-order chi connectivity index (χ1) is 8.99. The van der Waals surface area contributed by atoms with E-state index in [2.05, 4.69) is 16.9 Å². The van der Waals surface area contributed by atoms with E-state index >= 15 is 0 Å². The van der Waals surface area contributed by atoms with Crippen molar-refractivity contribution in [1.82, 2.24) is 9.97 Å². The van der Waals surface area contributed by atoms with Crippen molar-refractivity contribution in [2.24, 2.45) is 0 Å². The maximum atomic E-state index is 6.31. The van der Waals surface area contributed by atoms with E-state index < -0.39 is 0 Å². The molecule has 0 aliphatic heterocycles. The molecule has 1 heterocycles. The molecule has 0 bridgehead atoms. The van der Waals surface area contributed by atoms with Gasteiger partial charge in [0.15, 0.2) is 0 Å². The molecule has 0 amide bonds. The molecule has 2 nitrogen and oxygen atoms in total. The van der Waals surface area contributed by atoms with Crippen molar-refractivity contribution in [2.45, 2.75) is 32.1 Å². The summed E-state index contributed by atoms with van der Waals surface area (Å²) >= 11 is 12.6. The van der Waals surface area contributed by atoms with E-state index in [4.69, 9.17) is 23.2 Å². The summed E-state index contributed by atoms with van der Waals surface area (Å²) in [5, 5.41) is 0.874. The molecule has 1 aliphatic carbocycles. The fraction of sp³-hybridized carbons (Fsp3) is 0.333. The van der Waals surface area contributed by atoms with E-state index in [-0.39, 0.29) is 5.41 Å². The van der Waals surface area contributed by atoms with Crippen molar-refractivity contribution < 1.29 is 0 Å². The summed E-state index contributed by atoms with van der Waals surface area (Å²) in [6.07, 6.45) is 2.20. The van der Waals surface area contributed by atoms with Crippen LogP contribution in [0.2, 0.25) is 10.3 Å². The molecule has 1 aromatic carbocycles. The molecular weight excluding hydrogens is 279 g/mol. The first-order valence-electron chi connectivity index (χ1n) is 6.30. The Kier molecular flexibility index (Phi) is 3.03. The first-order valence-corrected chi connectivity index (χ1v) is 7.06. The summed E-state index contributed by atoms with van der Waals surface area (Å²) in [6.45, 7) is 4.18. The SMILES string of the molecule is Cc1ccc(-c2c(Cl)nc(C3(C)CC3)nc2Cl)cc1. The molecule has 1 fully saturated rings. The number of nitrogens with zero attached hydrogens (tertiary/aromatic N) is 2. The molecule has 4 heteroatoms. The van der Waals surface area contributed by atoms with Crippen molar-refractivity contribution in [3.05, 3.63) is 46.0 Å². The van der Waals surface area contributed by atoms with Gasteiger partial charge in [-0.2, -0.15) is 0 Å². The predicted molar refractivity (Wildman–Crippen MR) is 78.8 cm³/mol. The van der Waals surface area contributed by atoms with Crippen LogP contribution in [0.1, 0.15) is 31.2 Å². The topological polar surface area (TPSA) is 25.8 Å². The lowest BCUT2D eigenvalue weighted by Crippen LogP contribution is -2.08. The minimum absolute atomic E-state index is 0.0685. The maximum absolute atomic E-state index is 6.31. The van der Waals surface area contributed by atoms with Gasteiger partial charge in [0.25, 0.3) is 0 Å². The second-order valence-electron chi connectivity index (χ2n) is 5.43. The van der Waals surface area contributed by atoms with Gasteiger partial charge in [-0.3, -0.25) is 0 Å². The van der Waals surface area contributed by atoms with Gasteiger partial charge in [0.2, 0.25) is 0 Å². The molecule has 2 aromatic rings. The molecule has 98 valence electrons. The highest BCUT2D eigenvalue weighted by Crippen LogP contribution is 2.47. The lowest BCUT2D eigenvalue weighted by atomic mass is 10.1. The van der Waals surface area contributed by atoms with E-state index in [1.54, 1.807) is 0 Å². The quantitative estimate of drug-likeness (QED) is 0.742. The number of hydrogen-bond acceptors (Lipinski definition) is 2. The van der Waals surface area contributed by atoms with Gasteiger partial charge >= 0.3 is 0 Å². The van der Waals surface area contributed by atoms with Gasteiger partial charge in [-0.05, 0) is 25.3 Å². The Bertz CT molecular complexity index is 608. The lowest BCUT2D eigenvalue weighted by Gasteiger charge is -2.12. The molecule has 1 saturated carbocycles. The van der Waals surface area contributed by atoms with Crippen LogP contribution in [0.15, 0.2) is 24.3 Å². The Labute approximate surface area is 122 Å². The minimum Gasteiger partial charge on any atom is -0.220 e. The third kappa shape index (κ3) is 2.35. The number of aryl methyl sites for hydroxylation is 1. The van der Waals surface area contributed by atoms with Crippen molar-refractivity contribution >= 4 is 23.2 Å². The summed E-state index contributed by atoms with van der Waals surface area (Å²) in [5.74, 6) is 0.762. The van der Waals surface area contributed by atoms with Crippen molar-refractivity contribution in [3.8, 4) is 11.1 Å². The number of aromatic nitrogens is 2. The Morgan fingerprint density at radius 2 is 1.53 bits per heavy atom. The first kappa shape index (κ1) is 12.9. The molecule has 0 unspecified atom stereocenters. The third-order valence-electron chi connectivity index (χ3n) is 3.70. The molecule has 0 N–H and O–H groups in total. The molecule has 3 rings (SSSR count). The fourth-order valence-corrected chi connectivity index (χ4v) is 2.65. The third-order valence-corrected chi connectivity index (χ3v) is 4.25. The smallest absolute Gasteiger partial charge is 0.142 e. The highest BCUT2D eigenvalue weighted by atomic mass is 35.5. The van der Waals surface area contributed by atoms with E-state index in [1.807, 2.05) is 31.2 Å². The second-order valence-corrected chi connectivity index (χ2v) is 6.15. The van der Waals surface area contributed by atoms with Gasteiger partial charge in [0.1, 0.15) is 16.1 Å². The Hall–Kier alpha value is -1.12. The average molecular weight is 293 g/mol. The van der Waals surface area contributed by atoms with Crippen LogP contribution in [0, 0.1) is 6.92 Å². The molecule has 19 heavy (non-hydrogen) atoms. The Balaban J connectivity index is 2.09. The number of hydrogen-bond donors (Lipinski definition) is 0. The highest BCUT2D eigenvalue weighted by molar-refractivity contribution is 6.37. The zero-order chi connectivity index (χ0) is 13.6. The summed E-state index contributed by atoms with van der Waals surface area (Å²) in [5.41, 5.74) is 2.93. The van der Waals surface area contributed by atoms with Crippen LogP contribution in [0.4, 0.5) is 0 Å². The van der Waals surface area contributed by atoms with Crippen LogP contribution in [0.3, 0.4) is 0 Å². The normalized spacial score (nSPS) is 16.4. The average Bonchev–Trinajstić information content (AvgIpc) is 3.10. The second kappa shape index (κ2) is 4.46. The monoisotopic (exact) mass is 292 g/mol. The van der Waals surface area contributed by atoms with Crippen LogP contribution >= 0.6 is 23.2 Å². The van der Waals surface area contributed by atoms with Crippen LogP contribution in [-0.2, 0) is 5.41 Å². The predicted octanol–water partition coefficient (Wildman–Crippen LogP) is 4.81. The van der Waals surface area contributed by atoms with E-state index in [9.17, 15) is 0 Å². The van der Waals surface area contributed by atoms with Gasteiger partial charge in [-0.15, -0.1) is 0 Å². The summed E-state index contributed by atoms with van der Waals surface area (Å²) in [6, 6.07) is 8.03. The molecule has 0 saturated heterocycles. The van der Waals surface area contributed by atoms with Crippen molar-refractivity contribution in [2.75, 3.05) is 0 Å². The molecule has 1 aliphatic rings. The Morgan fingerprint density at radius 3 is 2.00 bits per heavy atom. The molecule has 1 aromatic heterocycles. The van der Waals surface area contributed by atoms with E-state index in [0.29, 0.717) is 10.3 Å². The number of benzene rings is 1. The molecular formula is C15H14Cl2N2. The Morgan fingerprint density at radius 1 is 1.00 bits per heavy atom. The molecule has 0 radical (unpaired) electrons. The lowest BCUT2D eigenvalue weighted by molar-refractivity contribution is 0.709. The van der Waals surface area contributed by atoms with Gasteiger partial charge in [-0.1, -0.05) is 60.0 Å². The van der Waals surface area contributed by atoms with Gasteiger partial charge in [0.05, 0.1) is 5.56 Å². The van der Waals surface area contributed by atoms with Gasteiger partial charge < -0.3 is 0 Å². The molecule has 0 atom stereocenters. The zero-order valence-electron chi connectivity index (χ0n) is 10.9. The zero-order valence-corrected chi connectivity index (χ0v) is 12.4. The summed E-state index contributed by atoms with van der Waals surface area (Å²) < 4.78 is 0. The van der Waals surface area contributed by atoms with Crippen LogP contribution in [-0.4, -0.2) is 9.97 Å². The van der Waals surface area contributed by atoms with Crippen molar-refractivity contribution in [3.63, 3.8) is 0 Å². The van der Waals surface area contributed by atoms with Crippen LogP contribution < -0.4 is 0 Å². The van der Waals surface area contributed by atoms with Crippen molar-refractivity contribution in [1.29, 1.82) is 0 Å². The highest BCUT2D eigenvalue weighted by Gasteiger charge is 2.42. The van der Waals surface area contributed by atoms with Gasteiger partial charge in [-0.25, -0.2) is 9.97 Å². The van der Waals surface area contributed by atoms with Crippen LogP contribution in [0.25, 0.3) is 11.1 Å². The number of halogens is 2. The fourth-order valence-electron chi connectivity index (χ4n) is 2.05. The summed E-state index contributed by atoms with van der Waals surface area (Å²) in [4.78, 5) is 8.87. The maximum Gasteiger partial charge on any atom is 0.142 e. The van der Waals surface area contributed by atoms with E-state index in [1.165, 1.54) is 5.56 Å². The van der Waals surface area contributed by atoms with E-state index in [0.717, 1.165) is 29.8 Å². The molecule has 0 spiro atoms. The minimum atomic E-state index is 0.0685. The largest absolute Gasteiger partial charge is 0.220 e. The standard InChI is InChI=1S/C15H14Cl2N2/c1-9-3-5-10(6-4-9)11-12(16)18-14(19-13(11)17)15(2)7-8-15/h3-6H,7-8H2,1-2H3.